The Hall–Kier alpha value is -0.410. The van der Waals surface area contributed by atoms with Gasteiger partial charge in [-0.25, -0.2) is 4.39 Å². The van der Waals surface area contributed by atoms with Gasteiger partial charge in [0.1, 0.15) is 5.67 Å². The van der Waals surface area contributed by atoms with Gasteiger partial charge in [0.15, 0.2) is 0 Å². The highest BCUT2D eigenvalue weighted by Crippen LogP contribution is 2.41. The zero-order chi connectivity index (χ0) is 14.1. The summed E-state index contributed by atoms with van der Waals surface area (Å²) in [5.41, 5.74) is 6.80. The fourth-order valence-electron chi connectivity index (χ4n) is 3.17. The van der Waals surface area contributed by atoms with Gasteiger partial charge in [0, 0.05) is 22.0 Å². The topological polar surface area (TPSA) is 26.0 Å². The van der Waals surface area contributed by atoms with Gasteiger partial charge in [0.25, 0.3) is 0 Å². The standard InChI is InChI=1S/C16H23BrFN/c1-15(2,18)13-7-6-12(10-14(13)17)16(11-19)8-4-3-5-9-16/h6-7,10H,3-5,8-9,11,19H2,1-2H3. The van der Waals surface area contributed by atoms with Crippen LogP contribution in [0, 0.1) is 0 Å². The van der Waals surface area contributed by atoms with Crippen molar-refractivity contribution in [2.24, 2.45) is 5.73 Å². The molecule has 0 unspecified atom stereocenters. The van der Waals surface area contributed by atoms with Gasteiger partial charge in [-0.1, -0.05) is 47.3 Å². The molecule has 106 valence electrons. The monoisotopic (exact) mass is 327 g/mol. The summed E-state index contributed by atoms with van der Waals surface area (Å²) in [5.74, 6) is 0. The lowest BCUT2D eigenvalue weighted by atomic mass is 9.69. The molecular formula is C16H23BrFN. The summed E-state index contributed by atoms with van der Waals surface area (Å²) in [5, 5.41) is 0. The van der Waals surface area contributed by atoms with Crippen LogP contribution in [-0.2, 0) is 11.1 Å². The second-order valence-electron chi connectivity index (χ2n) is 6.21. The molecule has 0 bridgehead atoms. The largest absolute Gasteiger partial charge is 0.330 e. The Bertz CT molecular complexity index is 445. The van der Waals surface area contributed by atoms with Crippen LogP contribution in [0.2, 0.25) is 0 Å². The molecule has 1 nitrogen and oxygen atoms in total. The Morgan fingerprint density at radius 3 is 2.37 bits per heavy atom. The van der Waals surface area contributed by atoms with E-state index in [9.17, 15) is 4.39 Å². The van der Waals surface area contributed by atoms with Crippen molar-refractivity contribution in [3.8, 4) is 0 Å². The van der Waals surface area contributed by atoms with Crippen molar-refractivity contribution in [2.75, 3.05) is 6.54 Å². The molecular weight excluding hydrogens is 305 g/mol. The number of halogens is 2. The lowest BCUT2D eigenvalue weighted by Crippen LogP contribution is -2.37. The van der Waals surface area contributed by atoms with Crippen LogP contribution in [0.5, 0.6) is 0 Å². The van der Waals surface area contributed by atoms with Crippen LogP contribution in [0.25, 0.3) is 0 Å². The molecule has 0 radical (unpaired) electrons. The second kappa shape index (κ2) is 5.53. The first-order valence-corrected chi connectivity index (χ1v) is 7.88. The lowest BCUT2D eigenvalue weighted by Gasteiger charge is -2.37. The Labute approximate surface area is 123 Å². The third-order valence-electron chi connectivity index (χ3n) is 4.42. The SMILES string of the molecule is CC(C)(F)c1ccc(C2(CN)CCCCC2)cc1Br. The zero-order valence-corrected chi connectivity index (χ0v) is 13.4. The molecule has 1 aliphatic rings. The van der Waals surface area contributed by atoms with Crippen LogP contribution in [0.3, 0.4) is 0 Å². The highest BCUT2D eigenvalue weighted by molar-refractivity contribution is 9.10. The van der Waals surface area contributed by atoms with Crippen molar-refractivity contribution in [3.63, 3.8) is 0 Å². The quantitative estimate of drug-likeness (QED) is 0.846. The number of nitrogens with two attached hydrogens (primary N) is 1. The van der Waals surface area contributed by atoms with Gasteiger partial charge >= 0.3 is 0 Å². The minimum atomic E-state index is -1.32. The maximum atomic E-state index is 14.1. The van der Waals surface area contributed by atoms with Gasteiger partial charge < -0.3 is 5.73 Å². The molecule has 1 aromatic rings. The second-order valence-corrected chi connectivity index (χ2v) is 7.07. The normalized spacial score (nSPS) is 19.4. The van der Waals surface area contributed by atoms with E-state index < -0.39 is 5.67 Å². The molecule has 19 heavy (non-hydrogen) atoms. The molecule has 2 rings (SSSR count). The van der Waals surface area contributed by atoms with E-state index in [2.05, 4.69) is 28.1 Å². The van der Waals surface area contributed by atoms with E-state index in [0.717, 1.165) is 17.3 Å². The summed E-state index contributed by atoms with van der Waals surface area (Å²) in [7, 11) is 0. The maximum absolute atomic E-state index is 14.1. The van der Waals surface area contributed by atoms with E-state index in [1.54, 1.807) is 13.8 Å². The summed E-state index contributed by atoms with van der Waals surface area (Å²) in [6.07, 6.45) is 6.08. The third kappa shape index (κ3) is 3.03. The molecule has 1 fully saturated rings. The molecule has 0 aliphatic heterocycles. The van der Waals surface area contributed by atoms with Crippen molar-refractivity contribution >= 4 is 15.9 Å². The smallest absolute Gasteiger partial charge is 0.131 e. The first-order valence-electron chi connectivity index (χ1n) is 7.08. The van der Waals surface area contributed by atoms with Gasteiger partial charge in [0.2, 0.25) is 0 Å². The van der Waals surface area contributed by atoms with E-state index in [1.807, 2.05) is 6.07 Å². The van der Waals surface area contributed by atoms with Gasteiger partial charge in [-0.05, 0) is 38.3 Å². The molecule has 0 amide bonds. The van der Waals surface area contributed by atoms with Gasteiger partial charge in [-0.3, -0.25) is 0 Å². The highest BCUT2D eigenvalue weighted by Gasteiger charge is 2.33. The molecule has 0 atom stereocenters. The minimum absolute atomic E-state index is 0.0970. The molecule has 0 heterocycles. The molecule has 1 aliphatic carbocycles. The predicted octanol–water partition coefficient (Wildman–Crippen LogP) is 4.81. The maximum Gasteiger partial charge on any atom is 0.131 e. The number of hydrogen-bond donors (Lipinski definition) is 1. The van der Waals surface area contributed by atoms with Crippen molar-refractivity contribution in [1.82, 2.24) is 0 Å². The van der Waals surface area contributed by atoms with Gasteiger partial charge in [-0.2, -0.15) is 0 Å². The van der Waals surface area contributed by atoms with Gasteiger partial charge in [-0.15, -0.1) is 0 Å². The molecule has 1 aromatic carbocycles. The average molecular weight is 328 g/mol. The lowest BCUT2D eigenvalue weighted by molar-refractivity contribution is 0.220. The summed E-state index contributed by atoms with van der Waals surface area (Å²) in [6.45, 7) is 3.86. The Kier molecular flexibility index (Phi) is 4.36. The van der Waals surface area contributed by atoms with Crippen molar-refractivity contribution < 1.29 is 4.39 Å². The molecule has 0 saturated heterocycles. The number of rotatable bonds is 3. The number of hydrogen-bond acceptors (Lipinski definition) is 1. The highest BCUT2D eigenvalue weighted by atomic mass is 79.9. The van der Waals surface area contributed by atoms with Crippen LogP contribution in [0.15, 0.2) is 22.7 Å². The van der Waals surface area contributed by atoms with Crippen molar-refractivity contribution in [1.29, 1.82) is 0 Å². The Morgan fingerprint density at radius 1 is 1.26 bits per heavy atom. The van der Waals surface area contributed by atoms with E-state index in [-0.39, 0.29) is 5.41 Å². The van der Waals surface area contributed by atoms with Crippen LogP contribution in [0.4, 0.5) is 4.39 Å². The third-order valence-corrected chi connectivity index (χ3v) is 5.08. The zero-order valence-electron chi connectivity index (χ0n) is 11.8. The van der Waals surface area contributed by atoms with Crippen LogP contribution in [0.1, 0.15) is 57.1 Å². The van der Waals surface area contributed by atoms with E-state index in [4.69, 9.17) is 5.73 Å². The summed E-state index contributed by atoms with van der Waals surface area (Å²) >= 11 is 3.52. The van der Waals surface area contributed by atoms with Gasteiger partial charge in [0.05, 0.1) is 0 Å². The van der Waals surface area contributed by atoms with E-state index >= 15 is 0 Å². The first-order chi connectivity index (χ1) is 8.89. The average Bonchev–Trinajstić information content (AvgIpc) is 2.38. The predicted molar refractivity (Wildman–Crippen MR) is 82.1 cm³/mol. The van der Waals surface area contributed by atoms with Crippen LogP contribution >= 0.6 is 15.9 Å². The molecule has 0 aromatic heterocycles. The molecule has 1 saturated carbocycles. The summed E-state index contributed by atoms with van der Waals surface area (Å²) in [6, 6.07) is 6.06. The number of alkyl halides is 1. The van der Waals surface area contributed by atoms with Crippen LogP contribution < -0.4 is 5.73 Å². The molecule has 2 N–H and O–H groups in total. The summed E-state index contributed by atoms with van der Waals surface area (Å²) < 4.78 is 14.9. The molecule has 3 heteroatoms. The van der Waals surface area contributed by atoms with E-state index in [0.29, 0.717) is 12.1 Å². The fourth-order valence-corrected chi connectivity index (χ4v) is 4.02. The first kappa shape index (κ1) is 15.0. The fraction of sp³-hybridized carbons (Fsp3) is 0.625. The van der Waals surface area contributed by atoms with E-state index in [1.165, 1.54) is 24.8 Å². The summed E-state index contributed by atoms with van der Waals surface area (Å²) in [4.78, 5) is 0. The van der Waals surface area contributed by atoms with Crippen LogP contribution in [-0.4, -0.2) is 6.54 Å². The molecule has 0 spiro atoms. The number of benzene rings is 1. The van der Waals surface area contributed by atoms with Crippen molar-refractivity contribution in [3.05, 3.63) is 33.8 Å². The van der Waals surface area contributed by atoms with Crippen molar-refractivity contribution in [2.45, 2.75) is 57.0 Å². The minimum Gasteiger partial charge on any atom is -0.330 e. The Balaban J connectivity index is 2.38. The Morgan fingerprint density at radius 2 is 1.89 bits per heavy atom.